The number of halogens is 1. The fraction of sp³-hybridized carbons (Fsp3) is 0.250. The maximum absolute atomic E-state index is 11.2. The van der Waals surface area contributed by atoms with Crippen molar-refractivity contribution in [1.29, 1.82) is 0 Å². The Balaban J connectivity index is 2.33. The van der Waals surface area contributed by atoms with Crippen molar-refractivity contribution < 1.29 is 4.79 Å². The third kappa shape index (κ3) is 0.975. The Morgan fingerprint density at radius 1 is 1.58 bits per heavy atom. The summed E-state index contributed by atoms with van der Waals surface area (Å²) in [6, 6.07) is -0.303. The number of alkyl halides is 1. The van der Waals surface area contributed by atoms with Crippen LogP contribution in [0.25, 0.3) is 0 Å². The van der Waals surface area contributed by atoms with Crippen molar-refractivity contribution in [3.05, 3.63) is 24.4 Å². The highest BCUT2D eigenvalue weighted by molar-refractivity contribution is 6.22. The third-order valence-electron chi connectivity index (χ3n) is 1.86. The molecule has 0 aromatic heterocycles. The number of carbonyl (C=O) groups excluding carboxylic acids is 1. The van der Waals surface area contributed by atoms with E-state index in [1.807, 2.05) is 18.4 Å². The molecule has 0 aromatic carbocycles. The van der Waals surface area contributed by atoms with Crippen molar-refractivity contribution in [1.82, 2.24) is 4.90 Å². The zero-order chi connectivity index (χ0) is 8.55. The van der Waals surface area contributed by atoms with E-state index in [2.05, 4.69) is 4.99 Å². The van der Waals surface area contributed by atoms with Crippen LogP contribution in [-0.2, 0) is 4.79 Å². The molecule has 2 aliphatic rings. The van der Waals surface area contributed by atoms with Gasteiger partial charge in [0.05, 0.1) is 5.88 Å². The minimum atomic E-state index is -0.303. The summed E-state index contributed by atoms with van der Waals surface area (Å²) >= 11 is 5.63. The number of aliphatic imine (C=N–C) groups is 1. The first-order chi connectivity index (χ1) is 5.83. The van der Waals surface area contributed by atoms with Crippen LogP contribution in [0.1, 0.15) is 0 Å². The van der Waals surface area contributed by atoms with Gasteiger partial charge in [-0.15, -0.1) is 11.6 Å². The van der Waals surface area contributed by atoms with Crippen molar-refractivity contribution in [2.24, 2.45) is 4.99 Å². The molecule has 0 radical (unpaired) electrons. The predicted octanol–water partition coefficient (Wildman–Crippen LogP) is 0.918. The predicted molar refractivity (Wildman–Crippen MR) is 47.1 cm³/mol. The molecule has 12 heavy (non-hydrogen) atoms. The Morgan fingerprint density at radius 2 is 2.42 bits per heavy atom. The topological polar surface area (TPSA) is 32.7 Å². The van der Waals surface area contributed by atoms with Crippen LogP contribution >= 0.6 is 11.6 Å². The van der Waals surface area contributed by atoms with Gasteiger partial charge in [0.15, 0.2) is 0 Å². The monoisotopic (exact) mass is 182 g/mol. The molecule has 0 bridgehead atoms. The fourth-order valence-electron chi connectivity index (χ4n) is 1.25. The molecule has 62 valence electrons. The second kappa shape index (κ2) is 2.75. The molecule has 0 spiro atoms. The Morgan fingerprint density at radius 3 is 3.17 bits per heavy atom. The zero-order valence-corrected chi connectivity index (χ0v) is 7.03. The molecule has 3 nitrogen and oxygen atoms in total. The molecule has 0 saturated carbocycles. The first-order valence-corrected chi connectivity index (χ1v) is 4.18. The number of amides is 1. The van der Waals surface area contributed by atoms with Gasteiger partial charge in [0.2, 0.25) is 0 Å². The number of carbonyl (C=O) groups is 1. The number of hydrogen-bond acceptors (Lipinski definition) is 2. The lowest BCUT2D eigenvalue weighted by atomic mass is 10.2. The first kappa shape index (κ1) is 7.55. The average molecular weight is 183 g/mol. The van der Waals surface area contributed by atoms with Gasteiger partial charge >= 0.3 is 0 Å². The van der Waals surface area contributed by atoms with E-state index in [9.17, 15) is 4.79 Å². The smallest absolute Gasteiger partial charge is 0.271 e. The van der Waals surface area contributed by atoms with Gasteiger partial charge in [-0.25, -0.2) is 0 Å². The maximum atomic E-state index is 11.2. The highest BCUT2D eigenvalue weighted by atomic mass is 35.5. The molecule has 4 heteroatoms. The number of amidine groups is 1. The molecule has 1 amide bonds. The van der Waals surface area contributed by atoms with Gasteiger partial charge in [-0.1, -0.05) is 6.08 Å². The molecular formula is C8H7ClN2O. The minimum Gasteiger partial charge on any atom is -0.319 e. The number of nitrogens with zero attached hydrogens (tertiary/aromatic N) is 2. The van der Waals surface area contributed by atoms with Crippen LogP contribution in [0.2, 0.25) is 0 Å². The van der Waals surface area contributed by atoms with Crippen molar-refractivity contribution in [3.8, 4) is 0 Å². The minimum absolute atomic E-state index is 0.156. The lowest BCUT2D eigenvalue weighted by molar-refractivity contribution is -0.119. The molecule has 0 saturated heterocycles. The first-order valence-electron chi connectivity index (χ1n) is 3.64. The number of fused-ring (bicyclic) bond motifs is 1. The molecular weight excluding hydrogens is 176 g/mol. The SMILES string of the molecule is O=C1N=C2C=CC=CN2C1CCl. The van der Waals surface area contributed by atoms with E-state index in [1.54, 1.807) is 11.0 Å². The van der Waals surface area contributed by atoms with Crippen LogP contribution < -0.4 is 0 Å². The van der Waals surface area contributed by atoms with Crippen molar-refractivity contribution >= 4 is 23.3 Å². The van der Waals surface area contributed by atoms with E-state index in [0.29, 0.717) is 5.84 Å². The van der Waals surface area contributed by atoms with E-state index in [-0.39, 0.29) is 17.8 Å². The molecule has 1 unspecified atom stereocenters. The van der Waals surface area contributed by atoms with Crippen LogP contribution in [0, 0.1) is 0 Å². The number of hydrogen-bond donors (Lipinski definition) is 0. The second-order valence-corrected chi connectivity index (χ2v) is 2.89. The number of rotatable bonds is 1. The molecule has 1 atom stereocenters. The Bertz CT molecular complexity index is 306. The molecule has 2 rings (SSSR count). The van der Waals surface area contributed by atoms with Crippen LogP contribution in [0.5, 0.6) is 0 Å². The van der Waals surface area contributed by atoms with Crippen LogP contribution in [-0.4, -0.2) is 28.6 Å². The molecule has 0 aliphatic carbocycles. The van der Waals surface area contributed by atoms with Crippen molar-refractivity contribution in [2.75, 3.05) is 5.88 Å². The normalized spacial score (nSPS) is 26.1. The van der Waals surface area contributed by atoms with Gasteiger partial charge in [-0.2, -0.15) is 4.99 Å². The molecule has 0 N–H and O–H groups in total. The van der Waals surface area contributed by atoms with E-state index < -0.39 is 0 Å². The van der Waals surface area contributed by atoms with Gasteiger partial charge in [-0.05, 0) is 12.2 Å². The van der Waals surface area contributed by atoms with Gasteiger partial charge < -0.3 is 4.90 Å². The summed E-state index contributed by atoms with van der Waals surface area (Å²) in [6.45, 7) is 0. The fourth-order valence-corrected chi connectivity index (χ4v) is 1.53. The van der Waals surface area contributed by atoms with E-state index in [0.717, 1.165) is 0 Å². The van der Waals surface area contributed by atoms with E-state index in [1.165, 1.54) is 0 Å². The van der Waals surface area contributed by atoms with E-state index >= 15 is 0 Å². The second-order valence-electron chi connectivity index (χ2n) is 2.59. The van der Waals surface area contributed by atoms with Crippen molar-refractivity contribution in [2.45, 2.75) is 6.04 Å². The van der Waals surface area contributed by atoms with Gasteiger partial charge in [0, 0.05) is 6.20 Å². The summed E-state index contributed by atoms with van der Waals surface area (Å²) in [7, 11) is 0. The highest BCUT2D eigenvalue weighted by Crippen LogP contribution is 2.17. The summed E-state index contributed by atoms with van der Waals surface area (Å²) in [5.41, 5.74) is 0. The number of allylic oxidation sites excluding steroid dienone is 2. The Labute approximate surface area is 75.0 Å². The molecule has 2 aliphatic heterocycles. The largest absolute Gasteiger partial charge is 0.319 e. The lowest BCUT2D eigenvalue weighted by Crippen LogP contribution is -2.35. The highest BCUT2D eigenvalue weighted by Gasteiger charge is 2.32. The van der Waals surface area contributed by atoms with Crippen molar-refractivity contribution in [3.63, 3.8) is 0 Å². The molecule has 0 fully saturated rings. The summed E-state index contributed by atoms with van der Waals surface area (Å²) in [6.07, 6.45) is 7.32. The van der Waals surface area contributed by atoms with Crippen LogP contribution in [0.15, 0.2) is 29.4 Å². The average Bonchev–Trinajstić information content (AvgIpc) is 2.40. The summed E-state index contributed by atoms with van der Waals surface area (Å²) in [4.78, 5) is 16.8. The lowest BCUT2D eigenvalue weighted by Gasteiger charge is -2.20. The Hall–Kier alpha value is -1.09. The standard InChI is InChI=1S/C8H7ClN2O/c9-5-6-8(12)10-7-3-1-2-4-11(6)7/h1-4,6H,5H2. The molecule has 0 aromatic rings. The summed E-state index contributed by atoms with van der Waals surface area (Å²) < 4.78 is 0. The van der Waals surface area contributed by atoms with Gasteiger partial charge in [0.25, 0.3) is 5.91 Å². The van der Waals surface area contributed by atoms with Crippen LogP contribution in [0.3, 0.4) is 0 Å². The maximum Gasteiger partial charge on any atom is 0.271 e. The van der Waals surface area contributed by atoms with Gasteiger partial charge in [-0.3, -0.25) is 4.79 Å². The third-order valence-corrected chi connectivity index (χ3v) is 2.15. The Kier molecular flexibility index (Phi) is 1.73. The van der Waals surface area contributed by atoms with Gasteiger partial charge in [0.1, 0.15) is 11.9 Å². The zero-order valence-electron chi connectivity index (χ0n) is 6.27. The van der Waals surface area contributed by atoms with Crippen LogP contribution in [0.4, 0.5) is 0 Å². The van der Waals surface area contributed by atoms with E-state index in [4.69, 9.17) is 11.6 Å². The molecule has 2 heterocycles. The summed E-state index contributed by atoms with van der Waals surface area (Å²) in [5.74, 6) is 0.814. The summed E-state index contributed by atoms with van der Waals surface area (Å²) in [5, 5.41) is 0. The quantitative estimate of drug-likeness (QED) is 0.565.